The number of amides is 1. The van der Waals surface area contributed by atoms with E-state index < -0.39 is 0 Å². The molecule has 2 fully saturated rings. The Labute approximate surface area is 177 Å². The van der Waals surface area contributed by atoms with Crippen molar-refractivity contribution in [1.82, 2.24) is 29.6 Å². The highest BCUT2D eigenvalue weighted by atomic mass is 16.2. The number of aromatic amines is 1. The van der Waals surface area contributed by atoms with E-state index in [1.54, 1.807) is 6.20 Å². The van der Waals surface area contributed by atoms with Crippen molar-refractivity contribution in [2.45, 2.75) is 45.1 Å². The SMILES string of the molecule is CCC(c1nc2nc(N3CCC[C@@H](C(=O)N4CCCC4)C3)ccc2[nH]1)n1cccn1.[HH]. The summed E-state index contributed by atoms with van der Waals surface area (Å²) >= 11 is 0. The first-order valence-corrected chi connectivity index (χ1v) is 11.1. The van der Waals surface area contributed by atoms with Crippen molar-refractivity contribution in [2.75, 3.05) is 31.1 Å². The maximum atomic E-state index is 12.9. The third-order valence-corrected chi connectivity index (χ3v) is 6.41. The van der Waals surface area contributed by atoms with E-state index in [1.807, 2.05) is 27.9 Å². The smallest absolute Gasteiger partial charge is 0.227 e. The number of carbonyl (C=O) groups excluding carboxylic acids is 1. The van der Waals surface area contributed by atoms with E-state index >= 15 is 0 Å². The molecule has 5 rings (SSSR count). The molecule has 3 aromatic rings. The van der Waals surface area contributed by atoms with E-state index in [0.29, 0.717) is 5.91 Å². The molecule has 30 heavy (non-hydrogen) atoms. The zero-order valence-corrected chi connectivity index (χ0v) is 17.5. The summed E-state index contributed by atoms with van der Waals surface area (Å²) in [5.41, 5.74) is 1.65. The number of likely N-dealkylation sites (tertiary alicyclic amines) is 1. The fraction of sp³-hybridized carbons (Fsp3) is 0.545. The Kier molecular flexibility index (Phi) is 5.14. The summed E-state index contributed by atoms with van der Waals surface area (Å²) in [6.07, 6.45) is 8.91. The number of fused-ring (bicyclic) bond motifs is 1. The van der Waals surface area contributed by atoms with E-state index in [9.17, 15) is 4.79 Å². The fourth-order valence-electron chi connectivity index (χ4n) is 4.79. The van der Waals surface area contributed by atoms with Crippen LogP contribution in [0.1, 0.15) is 52.3 Å². The summed E-state index contributed by atoms with van der Waals surface area (Å²) in [5.74, 6) is 2.19. The van der Waals surface area contributed by atoms with E-state index in [0.717, 1.165) is 81.1 Å². The molecule has 0 aromatic carbocycles. The van der Waals surface area contributed by atoms with Gasteiger partial charge in [-0.25, -0.2) is 9.97 Å². The van der Waals surface area contributed by atoms with Gasteiger partial charge in [0.25, 0.3) is 0 Å². The first kappa shape index (κ1) is 19.1. The summed E-state index contributed by atoms with van der Waals surface area (Å²) in [4.78, 5) is 30.2. The number of pyridine rings is 1. The zero-order chi connectivity index (χ0) is 20.5. The van der Waals surface area contributed by atoms with Gasteiger partial charge in [-0.1, -0.05) is 6.92 Å². The van der Waals surface area contributed by atoms with Crippen LogP contribution in [-0.4, -0.2) is 61.7 Å². The lowest BCUT2D eigenvalue weighted by Gasteiger charge is -2.34. The summed E-state index contributed by atoms with van der Waals surface area (Å²) < 4.78 is 1.93. The van der Waals surface area contributed by atoms with Crippen LogP contribution >= 0.6 is 0 Å². The lowest BCUT2D eigenvalue weighted by atomic mass is 9.96. The minimum Gasteiger partial charge on any atom is -0.356 e. The van der Waals surface area contributed by atoms with Crippen LogP contribution in [0.2, 0.25) is 0 Å². The van der Waals surface area contributed by atoms with Crippen molar-refractivity contribution in [3.8, 4) is 0 Å². The summed E-state index contributed by atoms with van der Waals surface area (Å²) in [7, 11) is 0. The van der Waals surface area contributed by atoms with Gasteiger partial charge < -0.3 is 14.8 Å². The third kappa shape index (κ3) is 3.55. The van der Waals surface area contributed by atoms with Crippen LogP contribution in [0.5, 0.6) is 0 Å². The number of nitrogens with zero attached hydrogens (tertiary/aromatic N) is 6. The second-order valence-corrected chi connectivity index (χ2v) is 8.39. The minimum absolute atomic E-state index is 0. The average Bonchev–Trinajstić information content (AvgIpc) is 3.55. The number of piperidine rings is 1. The topological polar surface area (TPSA) is 82.9 Å². The molecular formula is C22H31N7O. The van der Waals surface area contributed by atoms with Gasteiger partial charge in [0.1, 0.15) is 17.7 Å². The van der Waals surface area contributed by atoms with Crippen molar-refractivity contribution < 1.29 is 6.22 Å². The van der Waals surface area contributed by atoms with E-state index in [-0.39, 0.29) is 13.4 Å². The van der Waals surface area contributed by atoms with Crippen molar-refractivity contribution in [3.63, 3.8) is 0 Å². The molecule has 0 bridgehead atoms. The maximum Gasteiger partial charge on any atom is 0.227 e. The van der Waals surface area contributed by atoms with Crippen LogP contribution in [0.3, 0.4) is 0 Å². The number of anilines is 1. The first-order valence-electron chi connectivity index (χ1n) is 11.1. The molecule has 8 nitrogen and oxygen atoms in total. The minimum atomic E-state index is 0. The quantitative estimate of drug-likeness (QED) is 0.699. The molecule has 0 radical (unpaired) electrons. The summed E-state index contributed by atoms with van der Waals surface area (Å²) in [5, 5.41) is 4.37. The molecule has 0 saturated carbocycles. The van der Waals surface area contributed by atoms with E-state index in [4.69, 9.17) is 9.97 Å². The number of nitrogens with one attached hydrogen (secondary N) is 1. The van der Waals surface area contributed by atoms with Gasteiger partial charge in [-0.05, 0) is 50.3 Å². The Morgan fingerprint density at radius 1 is 1.23 bits per heavy atom. The second kappa shape index (κ2) is 8.08. The van der Waals surface area contributed by atoms with Crippen LogP contribution in [0, 0.1) is 5.92 Å². The monoisotopic (exact) mass is 409 g/mol. The number of aromatic nitrogens is 5. The first-order chi connectivity index (χ1) is 14.7. The van der Waals surface area contributed by atoms with E-state index in [2.05, 4.69) is 28.0 Å². The molecule has 160 valence electrons. The molecule has 0 spiro atoms. The second-order valence-electron chi connectivity index (χ2n) is 8.39. The standard InChI is InChI=1S/C22H29N7O.H2/c1-2-18(29-14-6-10-23-29)21-24-17-8-9-19(25-20(17)26-21)28-13-5-7-16(15-28)22(30)27-11-3-4-12-27;/h6,8-10,14,16,18H,2-5,7,11-13,15H2,1H3,(H,24,25,26);1H/t16-,18?;/m1./s1. The van der Waals surface area contributed by atoms with Gasteiger partial charge in [-0.2, -0.15) is 5.10 Å². The molecule has 3 aromatic heterocycles. The van der Waals surface area contributed by atoms with Gasteiger partial charge >= 0.3 is 0 Å². The van der Waals surface area contributed by atoms with Gasteiger partial charge in [-0.3, -0.25) is 9.48 Å². The molecule has 2 aliphatic rings. The van der Waals surface area contributed by atoms with Crippen LogP contribution in [-0.2, 0) is 4.79 Å². The Bertz CT molecular complexity index is 1010. The lowest BCUT2D eigenvalue weighted by Crippen LogP contribution is -2.44. The molecule has 5 heterocycles. The molecule has 1 unspecified atom stereocenters. The van der Waals surface area contributed by atoms with E-state index in [1.165, 1.54) is 0 Å². The highest BCUT2D eigenvalue weighted by molar-refractivity contribution is 5.80. The fourth-order valence-corrected chi connectivity index (χ4v) is 4.79. The van der Waals surface area contributed by atoms with Crippen LogP contribution in [0.4, 0.5) is 5.82 Å². The van der Waals surface area contributed by atoms with Crippen molar-refractivity contribution in [3.05, 3.63) is 36.4 Å². The van der Waals surface area contributed by atoms with Crippen molar-refractivity contribution in [1.29, 1.82) is 0 Å². The number of H-pyrrole nitrogens is 1. The predicted octanol–water partition coefficient (Wildman–Crippen LogP) is 3.24. The Balaban J connectivity index is 0.00000231. The number of hydrogen-bond acceptors (Lipinski definition) is 5. The number of imidazole rings is 1. The summed E-state index contributed by atoms with van der Waals surface area (Å²) in [6, 6.07) is 6.09. The van der Waals surface area contributed by atoms with Crippen LogP contribution in [0.15, 0.2) is 30.6 Å². The van der Waals surface area contributed by atoms with Crippen LogP contribution < -0.4 is 4.90 Å². The molecule has 2 atom stereocenters. The molecular weight excluding hydrogens is 378 g/mol. The number of carbonyl (C=O) groups is 1. The maximum absolute atomic E-state index is 12.9. The number of rotatable bonds is 5. The van der Waals surface area contributed by atoms with Gasteiger partial charge in [-0.15, -0.1) is 0 Å². The van der Waals surface area contributed by atoms with Gasteiger partial charge in [0, 0.05) is 40.0 Å². The Morgan fingerprint density at radius 3 is 2.87 bits per heavy atom. The third-order valence-electron chi connectivity index (χ3n) is 6.41. The zero-order valence-electron chi connectivity index (χ0n) is 17.5. The Morgan fingerprint density at radius 2 is 2.10 bits per heavy atom. The van der Waals surface area contributed by atoms with Crippen LogP contribution in [0.25, 0.3) is 11.2 Å². The van der Waals surface area contributed by atoms with Gasteiger partial charge in [0.05, 0.1) is 11.4 Å². The Hall–Kier alpha value is -2.90. The molecule has 8 heteroatoms. The normalized spacial score (nSPS) is 20.8. The van der Waals surface area contributed by atoms with Crippen molar-refractivity contribution >= 4 is 22.9 Å². The average molecular weight is 410 g/mol. The molecule has 2 aliphatic heterocycles. The highest BCUT2D eigenvalue weighted by Gasteiger charge is 2.31. The highest BCUT2D eigenvalue weighted by Crippen LogP contribution is 2.27. The van der Waals surface area contributed by atoms with Gasteiger partial charge in [0.15, 0.2) is 5.65 Å². The van der Waals surface area contributed by atoms with Gasteiger partial charge in [0.2, 0.25) is 5.91 Å². The molecule has 2 saturated heterocycles. The molecule has 1 N–H and O–H groups in total. The number of hydrogen-bond donors (Lipinski definition) is 1. The van der Waals surface area contributed by atoms with Crippen molar-refractivity contribution in [2.24, 2.45) is 5.92 Å². The summed E-state index contributed by atoms with van der Waals surface area (Å²) in [6.45, 7) is 5.65. The molecule has 1 amide bonds. The largest absolute Gasteiger partial charge is 0.356 e. The predicted molar refractivity (Wildman–Crippen MR) is 117 cm³/mol. The lowest BCUT2D eigenvalue weighted by molar-refractivity contribution is -0.134. The molecule has 0 aliphatic carbocycles.